The van der Waals surface area contributed by atoms with Crippen molar-refractivity contribution in [3.05, 3.63) is 34.6 Å². The van der Waals surface area contributed by atoms with Gasteiger partial charge in [-0.1, -0.05) is 39.8 Å². The van der Waals surface area contributed by atoms with E-state index in [0.717, 1.165) is 30.9 Å². The predicted octanol–water partition coefficient (Wildman–Crippen LogP) is 4.85. The number of hydrogen-bond donors (Lipinski definition) is 1. The Hall–Kier alpha value is -1.28. The van der Waals surface area contributed by atoms with Crippen LogP contribution < -0.4 is 5.32 Å². The quantitative estimate of drug-likeness (QED) is 0.806. The Kier molecular flexibility index (Phi) is 4.24. The van der Waals surface area contributed by atoms with Gasteiger partial charge in [-0.15, -0.1) is 0 Å². The molecular formula is C18H27NO. The van der Waals surface area contributed by atoms with E-state index < -0.39 is 0 Å². The molecule has 1 N–H and O–H groups in total. The summed E-state index contributed by atoms with van der Waals surface area (Å²) >= 11 is 0. The Bertz CT molecular complexity index is 602. The highest BCUT2D eigenvalue weighted by Gasteiger charge is 2.22. The minimum atomic E-state index is 0.102. The summed E-state index contributed by atoms with van der Waals surface area (Å²) in [6, 6.07) is 4.43. The van der Waals surface area contributed by atoms with E-state index in [9.17, 15) is 0 Å². The van der Waals surface area contributed by atoms with Gasteiger partial charge in [0.05, 0.1) is 6.54 Å². The highest BCUT2D eigenvalue weighted by molar-refractivity contribution is 5.88. The van der Waals surface area contributed by atoms with E-state index >= 15 is 0 Å². The number of furan rings is 1. The van der Waals surface area contributed by atoms with Gasteiger partial charge in [0, 0.05) is 10.9 Å². The molecule has 110 valence electrons. The lowest BCUT2D eigenvalue weighted by molar-refractivity contribution is 0.497. The zero-order chi connectivity index (χ0) is 14.9. The van der Waals surface area contributed by atoms with Crippen LogP contribution in [0.3, 0.4) is 0 Å². The van der Waals surface area contributed by atoms with Crippen molar-refractivity contribution in [2.45, 2.75) is 59.9 Å². The molecule has 0 aliphatic rings. The number of rotatable bonds is 4. The molecule has 2 rings (SSSR count). The first-order valence-corrected chi connectivity index (χ1v) is 7.59. The first kappa shape index (κ1) is 15.1. The van der Waals surface area contributed by atoms with Crippen molar-refractivity contribution in [1.82, 2.24) is 5.32 Å². The summed E-state index contributed by atoms with van der Waals surface area (Å²) in [4.78, 5) is 0. The molecule has 0 spiro atoms. The van der Waals surface area contributed by atoms with Crippen molar-refractivity contribution in [1.29, 1.82) is 0 Å². The van der Waals surface area contributed by atoms with Gasteiger partial charge in [-0.3, -0.25) is 0 Å². The van der Waals surface area contributed by atoms with E-state index in [-0.39, 0.29) is 5.41 Å². The van der Waals surface area contributed by atoms with Crippen LogP contribution in [0.25, 0.3) is 11.0 Å². The molecule has 0 saturated carbocycles. The average molecular weight is 273 g/mol. The van der Waals surface area contributed by atoms with Crippen LogP contribution in [0, 0.1) is 13.8 Å². The summed E-state index contributed by atoms with van der Waals surface area (Å²) in [6.07, 6.45) is 1.14. The van der Waals surface area contributed by atoms with Crippen molar-refractivity contribution < 1.29 is 4.42 Å². The maximum absolute atomic E-state index is 6.22. The molecule has 0 unspecified atom stereocenters. The Morgan fingerprint density at radius 2 is 1.85 bits per heavy atom. The van der Waals surface area contributed by atoms with Gasteiger partial charge in [-0.25, -0.2) is 0 Å². The minimum absolute atomic E-state index is 0.102. The lowest BCUT2D eigenvalue weighted by atomic mass is 9.85. The van der Waals surface area contributed by atoms with Crippen LogP contribution in [0.1, 0.15) is 56.6 Å². The smallest absolute Gasteiger partial charge is 0.138 e. The van der Waals surface area contributed by atoms with Gasteiger partial charge in [0.15, 0.2) is 0 Å². The van der Waals surface area contributed by atoms with E-state index in [4.69, 9.17) is 4.42 Å². The third kappa shape index (κ3) is 2.76. The van der Waals surface area contributed by atoms with Crippen molar-refractivity contribution in [3.63, 3.8) is 0 Å². The molecule has 2 heteroatoms. The highest BCUT2D eigenvalue weighted by atomic mass is 16.3. The summed E-state index contributed by atoms with van der Waals surface area (Å²) < 4.78 is 6.22. The van der Waals surface area contributed by atoms with Crippen LogP contribution in [0.2, 0.25) is 0 Å². The molecule has 0 atom stereocenters. The molecule has 2 aromatic rings. The molecule has 0 bridgehead atoms. The number of hydrogen-bond acceptors (Lipinski definition) is 2. The van der Waals surface area contributed by atoms with E-state index in [2.05, 4.69) is 59.0 Å². The summed E-state index contributed by atoms with van der Waals surface area (Å²) in [5, 5.41) is 4.73. The normalized spacial score (nSPS) is 12.3. The molecule has 0 amide bonds. The van der Waals surface area contributed by atoms with Gasteiger partial charge < -0.3 is 9.73 Å². The molecule has 0 aliphatic carbocycles. The maximum Gasteiger partial charge on any atom is 0.138 e. The SMILES string of the molecule is CCCNCc1oc2c(C(C)(C)C)ccc(C)c2c1C. The molecule has 0 saturated heterocycles. The summed E-state index contributed by atoms with van der Waals surface area (Å²) in [5.41, 5.74) is 5.05. The number of fused-ring (bicyclic) bond motifs is 1. The first-order valence-electron chi connectivity index (χ1n) is 7.59. The number of aryl methyl sites for hydroxylation is 2. The van der Waals surface area contributed by atoms with E-state index in [1.165, 1.54) is 22.1 Å². The molecule has 20 heavy (non-hydrogen) atoms. The van der Waals surface area contributed by atoms with Crippen LogP contribution in [0.5, 0.6) is 0 Å². The van der Waals surface area contributed by atoms with Gasteiger partial charge >= 0.3 is 0 Å². The largest absolute Gasteiger partial charge is 0.459 e. The van der Waals surface area contributed by atoms with Crippen LogP contribution in [0.4, 0.5) is 0 Å². The molecule has 1 heterocycles. The highest BCUT2D eigenvalue weighted by Crippen LogP contribution is 2.36. The Morgan fingerprint density at radius 1 is 1.15 bits per heavy atom. The Labute approximate surface area is 122 Å². The van der Waals surface area contributed by atoms with Crippen LogP contribution in [-0.4, -0.2) is 6.54 Å². The van der Waals surface area contributed by atoms with Gasteiger partial charge in [-0.05, 0) is 43.4 Å². The van der Waals surface area contributed by atoms with Gasteiger partial charge in [0.25, 0.3) is 0 Å². The fourth-order valence-electron chi connectivity index (χ4n) is 2.73. The summed E-state index contributed by atoms with van der Waals surface area (Å²) in [5.74, 6) is 1.08. The van der Waals surface area contributed by atoms with Gasteiger partial charge in [-0.2, -0.15) is 0 Å². The molecule has 1 aromatic heterocycles. The van der Waals surface area contributed by atoms with Crippen molar-refractivity contribution in [2.24, 2.45) is 0 Å². The average Bonchev–Trinajstić information content (AvgIpc) is 2.67. The van der Waals surface area contributed by atoms with Crippen molar-refractivity contribution >= 4 is 11.0 Å². The fourth-order valence-corrected chi connectivity index (χ4v) is 2.73. The Balaban J connectivity index is 2.54. The second-order valence-electron chi connectivity index (χ2n) is 6.71. The van der Waals surface area contributed by atoms with Crippen LogP contribution in [-0.2, 0) is 12.0 Å². The second-order valence-corrected chi connectivity index (χ2v) is 6.71. The minimum Gasteiger partial charge on any atom is -0.459 e. The third-order valence-corrected chi connectivity index (χ3v) is 3.90. The van der Waals surface area contributed by atoms with E-state index in [1.54, 1.807) is 0 Å². The third-order valence-electron chi connectivity index (χ3n) is 3.90. The van der Waals surface area contributed by atoms with Crippen molar-refractivity contribution in [2.75, 3.05) is 6.54 Å². The predicted molar refractivity (Wildman–Crippen MR) is 86.4 cm³/mol. The van der Waals surface area contributed by atoms with Gasteiger partial charge in [0.2, 0.25) is 0 Å². The topological polar surface area (TPSA) is 25.2 Å². The molecule has 1 aromatic carbocycles. The second kappa shape index (κ2) is 5.61. The lowest BCUT2D eigenvalue weighted by Gasteiger charge is -2.19. The Morgan fingerprint density at radius 3 is 2.45 bits per heavy atom. The standard InChI is InChI=1S/C18H27NO/c1-7-10-19-11-15-13(3)16-12(2)8-9-14(17(16)20-15)18(4,5)6/h8-9,19H,7,10-11H2,1-6H3. The monoisotopic (exact) mass is 273 g/mol. The maximum atomic E-state index is 6.22. The van der Waals surface area contributed by atoms with Crippen LogP contribution in [0.15, 0.2) is 16.5 Å². The molecule has 0 radical (unpaired) electrons. The number of nitrogens with one attached hydrogen (secondary N) is 1. The number of benzene rings is 1. The van der Waals surface area contributed by atoms with E-state index in [0.29, 0.717) is 0 Å². The van der Waals surface area contributed by atoms with Crippen molar-refractivity contribution in [3.8, 4) is 0 Å². The summed E-state index contributed by atoms with van der Waals surface area (Å²) in [6.45, 7) is 15.1. The fraction of sp³-hybridized carbons (Fsp3) is 0.556. The summed E-state index contributed by atoms with van der Waals surface area (Å²) in [7, 11) is 0. The van der Waals surface area contributed by atoms with E-state index in [1.807, 2.05) is 0 Å². The molecule has 0 aliphatic heterocycles. The molecular weight excluding hydrogens is 246 g/mol. The molecule has 2 nitrogen and oxygen atoms in total. The zero-order valence-corrected chi connectivity index (χ0v) is 13.7. The first-order chi connectivity index (χ1) is 9.36. The lowest BCUT2D eigenvalue weighted by Crippen LogP contribution is -2.13. The zero-order valence-electron chi connectivity index (χ0n) is 13.7. The molecule has 0 fully saturated rings. The van der Waals surface area contributed by atoms with Crippen LogP contribution >= 0.6 is 0 Å². The van der Waals surface area contributed by atoms with Gasteiger partial charge in [0.1, 0.15) is 11.3 Å².